The topological polar surface area (TPSA) is 56.7 Å². The van der Waals surface area contributed by atoms with E-state index in [9.17, 15) is 0 Å². The molecule has 2 heterocycles. The number of benzene rings is 1. The Morgan fingerprint density at radius 3 is 2.48 bits per heavy atom. The third kappa shape index (κ3) is 2.40. The summed E-state index contributed by atoms with van der Waals surface area (Å²) in [5.41, 5.74) is 11.4. The number of nitrogens with two attached hydrogens (primary N) is 1. The van der Waals surface area contributed by atoms with Crippen molar-refractivity contribution in [3.8, 4) is 22.4 Å². The predicted octanol–water partition coefficient (Wildman–Crippen LogP) is 3.29. The van der Waals surface area contributed by atoms with Gasteiger partial charge in [0.05, 0.1) is 5.56 Å². The van der Waals surface area contributed by atoms with E-state index in [1.165, 1.54) is 5.56 Å². The number of hydrogen-bond donors (Lipinski definition) is 1. The van der Waals surface area contributed by atoms with Gasteiger partial charge in [-0.05, 0) is 18.1 Å². The third-order valence-electron chi connectivity index (χ3n) is 3.68. The van der Waals surface area contributed by atoms with Gasteiger partial charge >= 0.3 is 0 Å². The Labute approximate surface area is 124 Å². The molecule has 4 heteroatoms. The first kappa shape index (κ1) is 13.4. The maximum Gasteiger partial charge on any atom is 0.129 e. The average molecular weight is 278 g/mol. The van der Waals surface area contributed by atoms with Crippen molar-refractivity contribution in [2.75, 3.05) is 5.73 Å². The van der Waals surface area contributed by atoms with Gasteiger partial charge in [0.1, 0.15) is 11.5 Å². The summed E-state index contributed by atoms with van der Waals surface area (Å²) in [5, 5.41) is 4.58. The minimum absolute atomic E-state index is 0.651. The van der Waals surface area contributed by atoms with E-state index in [2.05, 4.69) is 41.3 Å². The molecule has 0 atom stereocenters. The molecule has 0 aliphatic heterocycles. The molecule has 0 unspecified atom stereocenters. The van der Waals surface area contributed by atoms with Gasteiger partial charge in [-0.1, -0.05) is 37.3 Å². The van der Waals surface area contributed by atoms with Crippen molar-refractivity contribution >= 4 is 5.82 Å². The van der Waals surface area contributed by atoms with Crippen molar-refractivity contribution in [1.82, 2.24) is 14.8 Å². The van der Waals surface area contributed by atoms with E-state index in [1.807, 2.05) is 25.4 Å². The Morgan fingerprint density at radius 2 is 1.86 bits per heavy atom. The lowest BCUT2D eigenvalue weighted by Gasteiger charge is -2.04. The lowest BCUT2D eigenvalue weighted by Crippen LogP contribution is -1.98. The zero-order chi connectivity index (χ0) is 14.8. The largest absolute Gasteiger partial charge is 0.383 e. The van der Waals surface area contributed by atoms with Gasteiger partial charge in [0.15, 0.2) is 0 Å². The lowest BCUT2D eigenvalue weighted by atomic mass is 10.0. The molecule has 3 aromatic rings. The molecule has 0 spiro atoms. The monoisotopic (exact) mass is 278 g/mol. The van der Waals surface area contributed by atoms with Crippen molar-refractivity contribution in [1.29, 1.82) is 0 Å². The van der Waals surface area contributed by atoms with Gasteiger partial charge in [0.2, 0.25) is 0 Å². The van der Waals surface area contributed by atoms with Crippen molar-refractivity contribution in [2.45, 2.75) is 13.3 Å². The molecule has 0 saturated carbocycles. The molecule has 106 valence electrons. The molecule has 0 fully saturated rings. The van der Waals surface area contributed by atoms with Gasteiger partial charge in [-0.3, -0.25) is 9.67 Å². The average Bonchev–Trinajstić information content (AvgIpc) is 2.84. The SMILES string of the molecule is CCc1ccc(-c2nn(C)c(N)c2-c2cccnc2)cc1. The molecule has 2 N–H and O–H groups in total. The van der Waals surface area contributed by atoms with Crippen LogP contribution in [0.25, 0.3) is 22.4 Å². The molecule has 1 aromatic carbocycles. The van der Waals surface area contributed by atoms with Gasteiger partial charge < -0.3 is 5.73 Å². The standard InChI is InChI=1S/C17H18N4/c1-3-12-6-8-13(9-7-12)16-15(17(18)21(2)20-16)14-5-4-10-19-11-14/h4-11H,3,18H2,1-2H3. The highest BCUT2D eigenvalue weighted by atomic mass is 15.3. The number of nitrogen functional groups attached to an aromatic ring is 1. The van der Waals surface area contributed by atoms with Crippen molar-refractivity contribution in [3.63, 3.8) is 0 Å². The minimum atomic E-state index is 0.651. The van der Waals surface area contributed by atoms with Crippen LogP contribution in [-0.2, 0) is 13.5 Å². The van der Waals surface area contributed by atoms with Crippen LogP contribution in [0, 0.1) is 0 Å². The highest BCUT2D eigenvalue weighted by Crippen LogP contribution is 2.35. The number of aromatic nitrogens is 3. The molecular weight excluding hydrogens is 260 g/mol. The zero-order valence-corrected chi connectivity index (χ0v) is 12.2. The molecule has 3 rings (SSSR count). The second kappa shape index (κ2) is 5.40. The Kier molecular flexibility index (Phi) is 3.44. The van der Waals surface area contributed by atoms with Crippen molar-refractivity contribution in [3.05, 3.63) is 54.4 Å². The number of anilines is 1. The number of aryl methyl sites for hydroxylation is 2. The van der Waals surface area contributed by atoms with Crippen LogP contribution in [0.5, 0.6) is 0 Å². The van der Waals surface area contributed by atoms with Crippen LogP contribution in [0.4, 0.5) is 5.82 Å². The second-order valence-corrected chi connectivity index (χ2v) is 5.02. The fourth-order valence-electron chi connectivity index (χ4n) is 2.43. The number of pyridine rings is 1. The number of rotatable bonds is 3. The highest BCUT2D eigenvalue weighted by Gasteiger charge is 2.17. The third-order valence-corrected chi connectivity index (χ3v) is 3.68. The van der Waals surface area contributed by atoms with Gasteiger partial charge in [-0.2, -0.15) is 5.10 Å². The van der Waals surface area contributed by atoms with Crippen molar-refractivity contribution in [2.24, 2.45) is 7.05 Å². The van der Waals surface area contributed by atoms with Gasteiger partial charge in [0, 0.05) is 30.6 Å². The fourth-order valence-corrected chi connectivity index (χ4v) is 2.43. The summed E-state index contributed by atoms with van der Waals surface area (Å²) in [5.74, 6) is 0.651. The van der Waals surface area contributed by atoms with E-state index >= 15 is 0 Å². The van der Waals surface area contributed by atoms with Crippen LogP contribution in [0.3, 0.4) is 0 Å². The normalized spacial score (nSPS) is 10.8. The smallest absolute Gasteiger partial charge is 0.129 e. The highest BCUT2D eigenvalue weighted by molar-refractivity contribution is 5.87. The first-order valence-corrected chi connectivity index (χ1v) is 7.03. The van der Waals surface area contributed by atoms with Gasteiger partial charge in [-0.15, -0.1) is 0 Å². The van der Waals surface area contributed by atoms with Crippen LogP contribution in [0.1, 0.15) is 12.5 Å². The maximum absolute atomic E-state index is 6.20. The number of nitrogens with zero attached hydrogens (tertiary/aromatic N) is 3. The molecule has 0 radical (unpaired) electrons. The summed E-state index contributed by atoms with van der Waals surface area (Å²) in [7, 11) is 1.86. The first-order valence-electron chi connectivity index (χ1n) is 7.03. The maximum atomic E-state index is 6.20. The fraction of sp³-hybridized carbons (Fsp3) is 0.176. The molecular formula is C17H18N4. The van der Waals surface area contributed by atoms with E-state index in [-0.39, 0.29) is 0 Å². The van der Waals surface area contributed by atoms with Crippen LogP contribution in [-0.4, -0.2) is 14.8 Å². The quantitative estimate of drug-likeness (QED) is 0.799. The van der Waals surface area contributed by atoms with Gasteiger partial charge in [0.25, 0.3) is 0 Å². The molecule has 0 bridgehead atoms. The van der Waals surface area contributed by atoms with Gasteiger partial charge in [-0.25, -0.2) is 0 Å². The Hall–Kier alpha value is -2.62. The summed E-state index contributed by atoms with van der Waals surface area (Å²) in [4.78, 5) is 4.18. The van der Waals surface area contributed by atoms with Crippen LogP contribution in [0.2, 0.25) is 0 Å². The molecule has 0 amide bonds. The summed E-state index contributed by atoms with van der Waals surface area (Å²) in [6.45, 7) is 2.15. The predicted molar refractivity (Wildman–Crippen MR) is 85.7 cm³/mol. The van der Waals surface area contributed by atoms with E-state index in [1.54, 1.807) is 10.9 Å². The summed E-state index contributed by atoms with van der Waals surface area (Å²) < 4.78 is 1.71. The van der Waals surface area contributed by atoms with Crippen molar-refractivity contribution < 1.29 is 0 Å². The van der Waals surface area contributed by atoms with Crippen LogP contribution >= 0.6 is 0 Å². The second-order valence-electron chi connectivity index (χ2n) is 5.02. The molecule has 0 aliphatic carbocycles. The van der Waals surface area contributed by atoms with E-state index in [4.69, 9.17) is 5.73 Å². The molecule has 21 heavy (non-hydrogen) atoms. The molecule has 0 aliphatic rings. The Morgan fingerprint density at radius 1 is 1.10 bits per heavy atom. The summed E-state index contributed by atoms with van der Waals surface area (Å²) in [6.07, 6.45) is 4.60. The first-order chi connectivity index (χ1) is 10.2. The van der Waals surface area contributed by atoms with Crippen LogP contribution in [0.15, 0.2) is 48.8 Å². The van der Waals surface area contributed by atoms with E-state index in [0.29, 0.717) is 5.82 Å². The summed E-state index contributed by atoms with van der Waals surface area (Å²) >= 11 is 0. The molecule has 0 saturated heterocycles. The Balaban J connectivity index is 2.16. The van der Waals surface area contributed by atoms with E-state index < -0.39 is 0 Å². The summed E-state index contributed by atoms with van der Waals surface area (Å²) in [6, 6.07) is 12.4. The molecule has 2 aromatic heterocycles. The lowest BCUT2D eigenvalue weighted by molar-refractivity contribution is 0.782. The molecule has 4 nitrogen and oxygen atoms in total. The van der Waals surface area contributed by atoms with Crippen LogP contribution < -0.4 is 5.73 Å². The minimum Gasteiger partial charge on any atom is -0.383 e. The zero-order valence-electron chi connectivity index (χ0n) is 12.2. The van der Waals surface area contributed by atoms with E-state index in [0.717, 1.165) is 28.8 Å². The number of hydrogen-bond acceptors (Lipinski definition) is 3. The Bertz CT molecular complexity index is 742.